The van der Waals surface area contributed by atoms with E-state index in [9.17, 15) is 4.79 Å². The van der Waals surface area contributed by atoms with Gasteiger partial charge in [0, 0.05) is 13.9 Å². The molecule has 0 spiro atoms. The standard InChI is InChI=1S/C9H19NO.H2/c1-5-8(4)6-10-9(11)7(2)3;/h7-8H,5-6H2,1-4H3,(H,10,11);1H. The lowest BCUT2D eigenvalue weighted by molar-refractivity contribution is -0.124. The molecule has 0 aliphatic carbocycles. The number of carbonyl (C=O) groups is 1. The molecule has 68 valence electrons. The van der Waals surface area contributed by atoms with Crippen molar-refractivity contribution >= 4 is 5.91 Å². The third-order valence-electron chi connectivity index (χ3n) is 1.85. The van der Waals surface area contributed by atoms with Gasteiger partial charge >= 0.3 is 0 Å². The molecule has 2 nitrogen and oxygen atoms in total. The summed E-state index contributed by atoms with van der Waals surface area (Å²) >= 11 is 0. The van der Waals surface area contributed by atoms with Gasteiger partial charge in [0.15, 0.2) is 0 Å². The summed E-state index contributed by atoms with van der Waals surface area (Å²) in [5.74, 6) is 0.863. The summed E-state index contributed by atoms with van der Waals surface area (Å²) < 4.78 is 0. The second-order valence-electron chi connectivity index (χ2n) is 3.41. The van der Waals surface area contributed by atoms with Gasteiger partial charge in [-0.25, -0.2) is 0 Å². The molecule has 1 N–H and O–H groups in total. The molecular weight excluding hydrogens is 138 g/mol. The molecule has 11 heavy (non-hydrogen) atoms. The molecule has 0 aliphatic heterocycles. The van der Waals surface area contributed by atoms with Crippen LogP contribution in [0.2, 0.25) is 0 Å². The van der Waals surface area contributed by atoms with Crippen LogP contribution in [0.4, 0.5) is 0 Å². The van der Waals surface area contributed by atoms with E-state index in [0.717, 1.165) is 13.0 Å². The average molecular weight is 159 g/mol. The van der Waals surface area contributed by atoms with Crippen LogP contribution in [-0.2, 0) is 4.79 Å². The molecule has 1 unspecified atom stereocenters. The lowest BCUT2D eigenvalue weighted by atomic mass is 10.1. The number of carbonyl (C=O) groups excluding carboxylic acids is 1. The molecule has 0 heterocycles. The van der Waals surface area contributed by atoms with Gasteiger partial charge in [-0.05, 0) is 5.92 Å². The normalized spacial score (nSPS) is 13.2. The molecule has 1 amide bonds. The maximum absolute atomic E-state index is 11.1. The van der Waals surface area contributed by atoms with Gasteiger partial charge in [0.2, 0.25) is 5.91 Å². The lowest BCUT2D eigenvalue weighted by Crippen LogP contribution is -2.31. The van der Waals surface area contributed by atoms with E-state index in [4.69, 9.17) is 0 Å². The summed E-state index contributed by atoms with van der Waals surface area (Å²) in [4.78, 5) is 11.1. The van der Waals surface area contributed by atoms with Gasteiger partial charge in [-0.2, -0.15) is 0 Å². The molecule has 0 aliphatic rings. The first-order valence-corrected chi connectivity index (χ1v) is 4.35. The van der Waals surface area contributed by atoms with E-state index < -0.39 is 0 Å². The number of rotatable bonds is 4. The van der Waals surface area contributed by atoms with E-state index in [1.54, 1.807) is 0 Å². The Kier molecular flexibility index (Phi) is 4.92. The highest BCUT2D eigenvalue weighted by atomic mass is 16.1. The Balaban J connectivity index is 0. The third-order valence-corrected chi connectivity index (χ3v) is 1.85. The lowest BCUT2D eigenvalue weighted by Gasteiger charge is -2.11. The Morgan fingerprint density at radius 2 is 2.00 bits per heavy atom. The summed E-state index contributed by atoms with van der Waals surface area (Å²) in [7, 11) is 0. The minimum atomic E-state index is 0. The van der Waals surface area contributed by atoms with Crippen LogP contribution in [0.25, 0.3) is 0 Å². The van der Waals surface area contributed by atoms with Crippen LogP contribution in [0.15, 0.2) is 0 Å². The van der Waals surface area contributed by atoms with Gasteiger partial charge in [-0.1, -0.05) is 34.1 Å². The van der Waals surface area contributed by atoms with Crippen LogP contribution >= 0.6 is 0 Å². The SMILES string of the molecule is CCC(C)CNC(=O)C(C)C.[HH]. The van der Waals surface area contributed by atoms with Crippen LogP contribution in [0, 0.1) is 11.8 Å². The zero-order chi connectivity index (χ0) is 8.85. The highest BCUT2D eigenvalue weighted by molar-refractivity contribution is 5.77. The summed E-state index contributed by atoms with van der Waals surface area (Å²) in [6.07, 6.45) is 1.12. The molecule has 0 fully saturated rings. The maximum Gasteiger partial charge on any atom is 0.222 e. The van der Waals surface area contributed by atoms with Crippen molar-refractivity contribution in [3.05, 3.63) is 0 Å². The van der Waals surface area contributed by atoms with E-state index in [0.29, 0.717) is 5.92 Å². The summed E-state index contributed by atoms with van der Waals surface area (Å²) in [6.45, 7) is 8.90. The van der Waals surface area contributed by atoms with Crippen molar-refractivity contribution in [1.82, 2.24) is 5.32 Å². The van der Waals surface area contributed by atoms with E-state index in [-0.39, 0.29) is 13.3 Å². The topological polar surface area (TPSA) is 29.1 Å². The molecule has 0 saturated carbocycles. The minimum absolute atomic E-state index is 0. The van der Waals surface area contributed by atoms with Gasteiger partial charge in [-0.3, -0.25) is 4.79 Å². The van der Waals surface area contributed by atoms with Crippen LogP contribution < -0.4 is 5.32 Å². The largest absolute Gasteiger partial charge is 0.356 e. The van der Waals surface area contributed by atoms with Gasteiger partial charge < -0.3 is 5.32 Å². The molecule has 0 rings (SSSR count). The zero-order valence-electron chi connectivity index (χ0n) is 7.98. The van der Waals surface area contributed by atoms with Crippen LogP contribution in [0.1, 0.15) is 35.5 Å². The number of hydrogen-bond acceptors (Lipinski definition) is 1. The average Bonchev–Trinajstić information content (AvgIpc) is 1.99. The van der Waals surface area contributed by atoms with E-state index in [1.165, 1.54) is 0 Å². The van der Waals surface area contributed by atoms with Crippen molar-refractivity contribution in [2.45, 2.75) is 34.1 Å². The van der Waals surface area contributed by atoms with Crippen molar-refractivity contribution in [2.24, 2.45) is 11.8 Å². The second kappa shape index (κ2) is 5.16. The zero-order valence-corrected chi connectivity index (χ0v) is 7.98. The van der Waals surface area contributed by atoms with E-state index >= 15 is 0 Å². The van der Waals surface area contributed by atoms with Gasteiger partial charge in [-0.15, -0.1) is 0 Å². The highest BCUT2D eigenvalue weighted by Crippen LogP contribution is 1.98. The fourth-order valence-corrected chi connectivity index (χ4v) is 0.623. The Morgan fingerprint density at radius 3 is 2.36 bits per heavy atom. The fraction of sp³-hybridized carbons (Fsp3) is 0.889. The Labute approximate surface area is 70.9 Å². The summed E-state index contributed by atoms with van der Waals surface area (Å²) in [5, 5.41) is 2.89. The van der Waals surface area contributed by atoms with Gasteiger partial charge in [0.1, 0.15) is 0 Å². The smallest absolute Gasteiger partial charge is 0.222 e. The van der Waals surface area contributed by atoms with Gasteiger partial charge in [0.05, 0.1) is 0 Å². The highest BCUT2D eigenvalue weighted by Gasteiger charge is 2.06. The Morgan fingerprint density at radius 1 is 1.45 bits per heavy atom. The number of amides is 1. The van der Waals surface area contributed by atoms with Gasteiger partial charge in [0.25, 0.3) is 0 Å². The minimum Gasteiger partial charge on any atom is -0.356 e. The Hall–Kier alpha value is -0.530. The molecule has 0 aromatic rings. The van der Waals surface area contributed by atoms with E-state index in [2.05, 4.69) is 19.2 Å². The molecule has 0 aromatic heterocycles. The van der Waals surface area contributed by atoms with E-state index in [1.807, 2.05) is 13.8 Å². The first-order chi connectivity index (χ1) is 5.07. The van der Waals surface area contributed by atoms with Crippen LogP contribution in [0.3, 0.4) is 0 Å². The van der Waals surface area contributed by atoms with Crippen molar-refractivity contribution in [1.29, 1.82) is 0 Å². The summed E-state index contributed by atoms with van der Waals surface area (Å²) in [5.41, 5.74) is 0. The van der Waals surface area contributed by atoms with Crippen molar-refractivity contribution < 1.29 is 6.22 Å². The molecule has 0 saturated heterocycles. The molecule has 2 heteroatoms. The van der Waals surface area contributed by atoms with Crippen molar-refractivity contribution in [3.63, 3.8) is 0 Å². The fourth-order valence-electron chi connectivity index (χ4n) is 0.623. The summed E-state index contributed by atoms with van der Waals surface area (Å²) in [6, 6.07) is 0. The third kappa shape index (κ3) is 4.82. The van der Waals surface area contributed by atoms with Crippen LogP contribution in [-0.4, -0.2) is 12.5 Å². The van der Waals surface area contributed by atoms with Crippen LogP contribution in [0.5, 0.6) is 0 Å². The number of nitrogens with one attached hydrogen (secondary N) is 1. The predicted octanol–water partition coefficient (Wildman–Crippen LogP) is 2.05. The second-order valence-corrected chi connectivity index (χ2v) is 3.41. The number of hydrogen-bond donors (Lipinski definition) is 1. The van der Waals surface area contributed by atoms with Crippen molar-refractivity contribution in [2.75, 3.05) is 6.54 Å². The van der Waals surface area contributed by atoms with Crippen molar-refractivity contribution in [3.8, 4) is 0 Å². The molecule has 1 atom stereocenters. The first-order valence-electron chi connectivity index (χ1n) is 4.35. The molecular formula is C9H21NO. The maximum atomic E-state index is 11.1. The molecule has 0 radical (unpaired) electrons. The predicted molar refractivity (Wildman–Crippen MR) is 49.4 cm³/mol. The monoisotopic (exact) mass is 159 g/mol. The Bertz CT molecular complexity index is 126. The molecule has 0 aromatic carbocycles. The quantitative estimate of drug-likeness (QED) is 0.668. The molecule has 0 bridgehead atoms. The first kappa shape index (κ1) is 10.5.